The molecule has 6 heteroatoms. The van der Waals surface area contributed by atoms with Crippen molar-refractivity contribution in [2.45, 2.75) is 6.54 Å². The highest BCUT2D eigenvalue weighted by Gasteiger charge is 2.11. The van der Waals surface area contributed by atoms with Crippen molar-refractivity contribution >= 4 is 22.6 Å². The average molecular weight is 301 g/mol. The smallest absolute Gasteiger partial charge is 0.319 e. The Hall–Kier alpha value is -2.89. The van der Waals surface area contributed by atoms with Crippen LogP contribution in [0.3, 0.4) is 0 Å². The van der Waals surface area contributed by atoms with Crippen LogP contribution in [0.2, 0.25) is 0 Å². The number of anilines is 1. The second-order valence-electron chi connectivity index (χ2n) is 4.76. The molecule has 0 saturated carbocycles. The molecule has 3 rings (SSSR count). The van der Waals surface area contributed by atoms with Gasteiger partial charge in [-0.3, -0.25) is 0 Å². The van der Waals surface area contributed by atoms with Crippen molar-refractivity contribution < 1.29 is 13.6 Å². The monoisotopic (exact) mass is 301 g/mol. The van der Waals surface area contributed by atoms with Gasteiger partial charge < -0.3 is 15.6 Å². The molecule has 0 atom stereocenters. The quantitative estimate of drug-likeness (QED) is 0.677. The Bertz CT molecular complexity index is 809. The highest BCUT2D eigenvalue weighted by atomic mass is 19.1. The summed E-state index contributed by atoms with van der Waals surface area (Å²) in [6, 6.07) is 10.5. The normalized spacial score (nSPS) is 10.6. The van der Waals surface area contributed by atoms with Crippen molar-refractivity contribution in [3.8, 4) is 0 Å². The van der Waals surface area contributed by atoms with E-state index in [0.717, 1.165) is 23.0 Å². The summed E-state index contributed by atoms with van der Waals surface area (Å²) < 4.78 is 26.9. The predicted octanol–water partition coefficient (Wildman–Crippen LogP) is 3.77. The van der Waals surface area contributed by atoms with Gasteiger partial charge in [-0.25, -0.2) is 13.6 Å². The van der Waals surface area contributed by atoms with Crippen LogP contribution < -0.4 is 10.6 Å². The third-order valence-electron chi connectivity index (χ3n) is 3.32. The zero-order valence-corrected chi connectivity index (χ0v) is 11.5. The van der Waals surface area contributed by atoms with E-state index in [9.17, 15) is 13.6 Å². The standard InChI is InChI=1S/C16H13F2N3O/c17-12-5-3-6-13(18)11(12)8-20-16(22)21-15-9-19-14-7-2-1-4-10(14)15/h1-7,9,19H,8H2,(H2,20,21,22). The molecule has 0 fully saturated rings. The lowest BCUT2D eigenvalue weighted by atomic mass is 10.2. The molecule has 2 amide bonds. The minimum Gasteiger partial charge on any atom is -0.359 e. The third kappa shape index (κ3) is 2.76. The molecule has 3 aromatic rings. The Morgan fingerprint density at radius 3 is 2.55 bits per heavy atom. The number of halogens is 2. The number of para-hydroxylation sites is 1. The number of aromatic nitrogens is 1. The molecule has 0 bridgehead atoms. The number of fused-ring (bicyclic) bond motifs is 1. The molecular formula is C16H13F2N3O. The molecule has 22 heavy (non-hydrogen) atoms. The van der Waals surface area contributed by atoms with Crippen LogP contribution >= 0.6 is 0 Å². The van der Waals surface area contributed by atoms with Crippen LogP contribution in [0.15, 0.2) is 48.7 Å². The number of benzene rings is 2. The summed E-state index contributed by atoms with van der Waals surface area (Å²) in [5, 5.41) is 5.94. The van der Waals surface area contributed by atoms with Gasteiger partial charge in [-0.05, 0) is 18.2 Å². The molecule has 3 N–H and O–H groups in total. The summed E-state index contributed by atoms with van der Waals surface area (Å²) in [6.45, 7) is -0.229. The summed E-state index contributed by atoms with van der Waals surface area (Å²) in [4.78, 5) is 14.9. The van der Waals surface area contributed by atoms with E-state index in [2.05, 4.69) is 15.6 Å². The van der Waals surface area contributed by atoms with Crippen molar-refractivity contribution in [1.29, 1.82) is 0 Å². The number of nitrogens with one attached hydrogen (secondary N) is 3. The molecule has 4 nitrogen and oxygen atoms in total. The minimum absolute atomic E-state index is 0.170. The van der Waals surface area contributed by atoms with Crippen LogP contribution in [0.25, 0.3) is 10.9 Å². The molecule has 0 aliphatic rings. The number of carbonyl (C=O) groups is 1. The highest BCUT2D eigenvalue weighted by Crippen LogP contribution is 2.22. The number of amides is 2. The van der Waals surface area contributed by atoms with Gasteiger partial charge in [-0.15, -0.1) is 0 Å². The molecule has 0 aliphatic heterocycles. The van der Waals surface area contributed by atoms with Gasteiger partial charge in [0.1, 0.15) is 11.6 Å². The lowest BCUT2D eigenvalue weighted by Gasteiger charge is -2.08. The van der Waals surface area contributed by atoms with Crippen molar-refractivity contribution in [3.05, 3.63) is 65.9 Å². The molecular weight excluding hydrogens is 288 g/mol. The largest absolute Gasteiger partial charge is 0.359 e. The van der Waals surface area contributed by atoms with Crippen LogP contribution in [-0.2, 0) is 6.54 Å². The molecule has 112 valence electrons. The Balaban J connectivity index is 1.68. The minimum atomic E-state index is -0.688. The first-order valence-corrected chi connectivity index (χ1v) is 6.69. The van der Waals surface area contributed by atoms with Gasteiger partial charge in [0.25, 0.3) is 0 Å². The maximum Gasteiger partial charge on any atom is 0.319 e. The van der Waals surface area contributed by atoms with E-state index in [1.807, 2.05) is 24.3 Å². The fraction of sp³-hybridized carbons (Fsp3) is 0.0625. The zero-order chi connectivity index (χ0) is 15.5. The van der Waals surface area contributed by atoms with Crippen molar-refractivity contribution in [3.63, 3.8) is 0 Å². The van der Waals surface area contributed by atoms with E-state index in [1.54, 1.807) is 6.20 Å². The molecule has 0 saturated heterocycles. The van der Waals surface area contributed by atoms with Crippen LogP contribution in [0, 0.1) is 11.6 Å². The first-order chi connectivity index (χ1) is 10.6. The lowest BCUT2D eigenvalue weighted by Crippen LogP contribution is -2.28. The summed E-state index contributed by atoms with van der Waals surface area (Å²) in [6.07, 6.45) is 1.66. The maximum atomic E-state index is 13.5. The van der Waals surface area contributed by atoms with Crippen LogP contribution in [0.4, 0.5) is 19.3 Å². The van der Waals surface area contributed by atoms with Gasteiger partial charge in [-0.2, -0.15) is 0 Å². The van der Waals surface area contributed by atoms with Crippen molar-refractivity contribution in [1.82, 2.24) is 10.3 Å². The Labute approximate surface area is 125 Å². The predicted molar refractivity (Wildman–Crippen MR) is 80.5 cm³/mol. The molecule has 0 radical (unpaired) electrons. The molecule has 1 aromatic heterocycles. The summed E-state index contributed by atoms with van der Waals surface area (Å²) in [7, 11) is 0. The number of aromatic amines is 1. The van der Waals surface area contributed by atoms with E-state index in [1.165, 1.54) is 6.07 Å². The Morgan fingerprint density at radius 2 is 1.77 bits per heavy atom. The summed E-state index contributed by atoms with van der Waals surface area (Å²) in [5.74, 6) is -1.38. The van der Waals surface area contributed by atoms with Gasteiger partial charge >= 0.3 is 6.03 Å². The van der Waals surface area contributed by atoms with E-state index >= 15 is 0 Å². The lowest BCUT2D eigenvalue weighted by molar-refractivity contribution is 0.251. The van der Waals surface area contributed by atoms with E-state index in [0.29, 0.717) is 5.69 Å². The second-order valence-corrected chi connectivity index (χ2v) is 4.76. The number of rotatable bonds is 3. The molecule has 1 heterocycles. The highest BCUT2D eigenvalue weighted by molar-refractivity contribution is 6.00. The number of hydrogen-bond donors (Lipinski definition) is 3. The van der Waals surface area contributed by atoms with Crippen molar-refractivity contribution in [2.24, 2.45) is 0 Å². The molecule has 0 spiro atoms. The Morgan fingerprint density at radius 1 is 1.05 bits per heavy atom. The van der Waals surface area contributed by atoms with E-state index in [-0.39, 0.29) is 12.1 Å². The molecule has 0 unspecified atom stereocenters. The first-order valence-electron chi connectivity index (χ1n) is 6.69. The number of urea groups is 1. The third-order valence-corrected chi connectivity index (χ3v) is 3.32. The number of H-pyrrole nitrogens is 1. The average Bonchev–Trinajstić information content (AvgIpc) is 2.90. The van der Waals surface area contributed by atoms with Gasteiger partial charge in [0, 0.05) is 22.7 Å². The number of carbonyl (C=O) groups excluding carboxylic acids is 1. The zero-order valence-electron chi connectivity index (χ0n) is 11.5. The van der Waals surface area contributed by atoms with E-state index < -0.39 is 17.7 Å². The summed E-state index contributed by atoms with van der Waals surface area (Å²) >= 11 is 0. The first kappa shape index (κ1) is 14.1. The van der Waals surface area contributed by atoms with Crippen molar-refractivity contribution in [2.75, 3.05) is 5.32 Å². The fourth-order valence-electron chi connectivity index (χ4n) is 2.21. The van der Waals surface area contributed by atoms with Gasteiger partial charge in [0.2, 0.25) is 0 Å². The van der Waals surface area contributed by atoms with Crippen LogP contribution in [0.5, 0.6) is 0 Å². The number of hydrogen-bond acceptors (Lipinski definition) is 1. The molecule has 0 aliphatic carbocycles. The SMILES string of the molecule is O=C(NCc1c(F)cccc1F)Nc1c[nH]c2ccccc12. The van der Waals surface area contributed by atoms with Crippen LogP contribution in [0.1, 0.15) is 5.56 Å². The maximum absolute atomic E-state index is 13.5. The summed E-state index contributed by atoms with van der Waals surface area (Å²) in [5.41, 5.74) is 1.32. The van der Waals surface area contributed by atoms with Gasteiger partial charge in [0.15, 0.2) is 0 Å². The fourth-order valence-corrected chi connectivity index (χ4v) is 2.21. The topological polar surface area (TPSA) is 56.9 Å². The molecule has 2 aromatic carbocycles. The van der Waals surface area contributed by atoms with Gasteiger partial charge in [0.05, 0.1) is 12.2 Å². The van der Waals surface area contributed by atoms with E-state index in [4.69, 9.17) is 0 Å². The van der Waals surface area contributed by atoms with Gasteiger partial charge in [-0.1, -0.05) is 24.3 Å². The Kier molecular flexibility index (Phi) is 3.74. The van der Waals surface area contributed by atoms with Crippen LogP contribution in [-0.4, -0.2) is 11.0 Å². The second kappa shape index (κ2) is 5.85.